The van der Waals surface area contributed by atoms with E-state index in [2.05, 4.69) is 10.6 Å². The summed E-state index contributed by atoms with van der Waals surface area (Å²) in [7, 11) is 1.86. The SMILES string of the molecule is CCOCCn1c(C2CC(=O)N(C)C2)nc2ccccc21. The van der Waals surface area contributed by atoms with Gasteiger partial charge in [-0.05, 0) is 19.1 Å². The lowest BCUT2D eigenvalue weighted by atomic mass is 10.1. The van der Waals surface area contributed by atoms with Crippen LogP contribution in [0.1, 0.15) is 25.1 Å². The molecule has 0 N–H and O–H groups in total. The molecule has 0 saturated carbocycles. The molecule has 2 aromatic rings. The number of likely N-dealkylation sites (tertiary alicyclic amines) is 1. The van der Waals surface area contributed by atoms with Crippen molar-refractivity contribution in [3.8, 4) is 0 Å². The highest BCUT2D eigenvalue weighted by atomic mass is 16.5. The summed E-state index contributed by atoms with van der Waals surface area (Å²) < 4.78 is 7.70. The smallest absolute Gasteiger partial charge is 0.223 e. The Bertz CT molecular complexity index is 650. The van der Waals surface area contributed by atoms with Crippen molar-refractivity contribution in [3.63, 3.8) is 0 Å². The predicted octanol–water partition coefficient (Wildman–Crippen LogP) is 2.02. The lowest BCUT2D eigenvalue weighted by Crippen LogP contribution is -2.19. The second kappa shape index (κ2) is 5.85. The van der Waals surface area contributed by atoms with Crippen molar-refractivity contribution in [3.05, 3.63) is 30.1 Å². The fraction of sp³-hybridized carbons (Fsp3) is 0.500. The summed E-state index contributed by atoms with van der Waals surface area (Å²) in [6.07, 6.45) is 0.550. The van der Waals surface area contributed by atoms with E-state index in [4.69, 9.17) is 9.72 Å². The summed E-state index contributed by atoms with van der Waals surface area (Å²) in [5.74, 6) is 1.38. The second-order valence-electron chi connectivity index (χ2n) is 5.48. The number of rotatable bonds is 5. The molecule has 1 aromatic heterocycles. The molecule has 1 aliphatic heterocycles. The van der Waals surface area contributed by atoms with Gasteiger partial charge in [-0.1, -0.05) is 12.1 Å². The number of carbonyl (C=O) groups excluding carboxylic acids is 1. The molecule has 3 rings (SSSR count). The molecule has 1 aliphatic rings. The topological polar surface area (TPSA) is 47.4 Å². The van der Waals surface area contributed by atoms with Crippen molar-refractivity contribution in [1.29, 1.82) is 0 Å². The molecule has 5 heteroatoms. The zero-order valence-corrected chi connectivity index (χ0v) is 12.6. The Morgan fingerprint density at radius 1 is 1.38 bits per heavy atom. The van der Waals surface area contributed by atoms with Crippen molar-refractivity contribution in [2.24, 2.45) is 0 Å². The van der Waals surface area contributed by atoms with Gasteiger partial charge in [-0.2, -0.15) is 0 Å². The number of carbonyl (C=O) groups is 1. The van der Waals surface area contributed by atoms with Crippen molar-refractivity contribution >= 4 is 16.9 Å². The Labute approximate surface area is 124 Å². The first-order valence-electron chi connectivity index (χ1n) is 7.47. The maximum absolute atomic E-state index is 11.8. The van der Waals surface area contributed by atoms with Crippen LogP contribution in [-0.2, 0) is 16.1 Å². The summed E-state index contributed by atoms with van der Waals surface area (Å²) in [6.45, 7) is 4.90. The lowest BCUT2D eigenvalue weighted by molar-refractivity contribution is -0.126. The zero-order chi connectivity index (χ0) is 14.8. The van der Waals surface area contributed by atoms with Crippen molar-refractivity contribution in [2.45, 2.75) is 25.8 Å². The van der Waals surface area contributed by atoms with Gasteiger partial charge in [0.2, 0.25) is 5.91 Å². The molecule has 5 nitrogen and oxygen atoms in total. The van der Waals surface area contributed by atoms with Crippen molar-refractivity contribution in [1.82, 2.24) is 14.5 Å². The van der Waals surface area contributed by atoms with Crippen LogP contribution in [0.5, 0.6) is 0 Å². The molecule has 1 saturated heterocycles. The monoisotopic (exact) mass is 287 g/mol. The highest BCUT2D eigenvalue weighted by Gasteiger charge is 2.31. The number of likely N-dealkylation sites (N-methyl/N-ethyl adjacent to an activating group) is 1. The summed E-state index contributed by atoms with van der Waals surface area (Å²) in [5.41, 5.74) is 2.11. The van der Waals surface area contributed by atoms with Crippen LogP contribution in [0.3, 0.4) is 0 Å². The average Bonchev–Trinajstić information content (AvgIpc) is 3.01. The molecular weight excluding hydrogens is 266 g/mol. The Morgan fingerprint density at radius 2 is 2.19 bits per heavy atom. The Morgan fingerprint density at radius 3 is 2.90 bits per heavy atom. The first-order chi connectivity index (χ1) is 10.2. The predicted molar refractivity (Wildman–Crippen MR) is 81.2 cm³/mol. The number of benzene rings is 1. The molecule has 112 valence electrons. The summed E-state index contributed by atoms with van der Waals surface area (Å²) >= 11 is 0. The van der Waals surface area contributed by atoms with E-state index < -0.39 is 0 Å². The maximum atomic E-state index is 11.8. The minimum absolute atomic E-state index is 0.177. The van der Waals surface area contributed by atoms with Crippen LogP contribution < -0.4 is 0 Å². The van der Waals surface area contributed by atoms with Gasteiger partial charge in [-0.3, -0.25) is 4.79 Å². The van der Waals surface area contributed by atoms with Gasteiger partial charge in [0.1, 0.15) is 5.82 Å². The van der Waals surface area contributed by atoms with E-state index in [1.807, 2.05) is 32.2 Å². The van der Waals surface area contributed by atoms with E-state index in [0.717, 1.165) is 29.9 Å². The van der Waals surface area contributed by atoms with Crippen LogP contribution in [0, 0.1) is 0 Å². The highest BCUT2D eigenvalue weighted by molar-refractivity contribution is 5.80. The lowest BCUT2D eigenvalue weighted by Gasteiger charge is -2.13. The van der Waals surface area contributed by atoms with Crippen molar-refractivity contribution < 1.29 is 9.53 Å². The van der Waals surface area contributed by atoms with Crippen LogP contribution in [-0.4, -0.2) is 47.2 Å². The zero-order valence-electron chi connectivity index (χ0n) is 12.6. The van der Waals surface area contributed by atoms with Gasteiger partial charge in [0.15, 0.2) is 0 Å². The summed E-state index contributed by atoms with van der Waals surface area (Å²) in [5, 5.41) is 0. The normalized spacial score (nSPS) is 18.9. The fourth-order valence-electron chi connectivity index (χ4n) is 2.98. The van der Waals surface area contributed by atoms with Crippen LogP contribution in [0.4, 0.5) is 0 Å². The highest BCUT2D eigenvalue weighted by Crippen LogP contribution is 2.29. The Balaban J connectivity index is 1.96. The number of amides is 1. The number of fused-ring (bicyclic) bond motifs is 1. The number of para-hydroxylation sites is 2. The van der Waals surface area contributed by atoms with Gasteiger partial charge in [-0.25, -0.2) is 4.98 Å². The second-order valence-corrected chi connectivity index (χ2v) is 5.48. The number of hydrogen-bond acceptors (Lipinski definition) is 3. The van der Waals surface area contributed by atoms with Gasteiger partial charge in [0, 0.05) is 39.1 Å². The van der Waals surface area contributed by atoms with E-state index in [-0.39, 0.29) is 11.8 Å². The van der Waals surface area contributed by atoms with Gasteiger partial charge in [0.25, 0.3) is 0 Å². The van der Waals surface area contributed by atoms with Gasteiger partial charge in [0.05, 0.1) is 17.6 Å². The van der Waals surface area contributed by atoms with Gasteiger partial charge in [-0.15, -0.1) is 0 Å². The quantitative estimate of drug-likeness (QED) is 0.790. The van der Waals surface area contributed by atoms with Crippen molar-refractivity contribution in [2.75, 3.05) is 26.8 Å². The van der Waals surface area contributed by atoms with Crippen LogP contribution >= 0.6 is 0 Å². The first-order valence-corrected chi connectivity index (χ1v) is 7.47. The number of nitrogens with zero attached hydrogens (tertiary/aromatic N) is 3. The van der Waals surface area contributed by atoms with E-state index in [0.29, 0.717) is 19.6 Å². The van der Waals surface area contributed by atoms with Gasteiger partial charge < -0.3 is 14.2 Å². The molecule has 1 atom stereocenters. The number of ether oxygens (including phenoxy) is 1. The third-order valence-electron chi connectivity index (χ3n) is 4.05. The minimum Gasteiger partial charge on any atom is -0.380 e. The molecule has 1 aromatic carbocycles. The fourth-order valence-corrected chi connectivity index (χ4v) is 2.98. The van der Waals surface area contributed by atoms with E-state index in [1.165, 1.54) is 0 Å². The molecule has 21 heavy (non-hydrogen) atoms. The Kier molecular flexibility index (Phi) is 3.92. The average molecular weight is 287 g/mol. The third-order valence-corrected chi connectivity index (χ3v) is 4.05. The summed E-state index contributed by atoms with van der Waals surface area (Å²) in [6, 6.07) is 8.13. The molecule has 0 spiro atoms. The molecule has 0 bridgehead atoms. The molecule has 1 unspecified atom stereocenters. The third kappa shape index (κ3) is 2.65. The minimum atomic E-state index is 0.177. The number of aromatic nitrogens is 2. The molecule has 1 amide bonds. The molecule has 1 fully saturated rings. The molecule has 0 radical (unpaired) electrons. The maximum Gasteiger partial charge on any atom is 0.223 e. The largest absolute Gasteiger partial charge is 0.380 e. The molecule has 0 aliphatic carbocycles. The number of imidazole rings is 1. The van der Waals surface area contributed by atoms with Crippen LogP contribution in [0.25, 0.3) is 11.0 Å². The molecular formula is C16H21N3O2. The van der Waals surface area contributed by atoms with Gasteiger partial charge >= 0.3 is 0 Å². The standard InChI is InChI=1S/C16H21N3O2/c1-3-21-9-8-19-14-7-5-4-6-13(14)17-16(19)12-10-15(20)18(2)11-12/h4-7,12H,3,8-11H2,1-2H3. The van der Waals surface area contributed by atoms with E-state index in [9.17, 15) is 4.79 Å². The Hall–Kier alpha value is -1.88. The summed E-state index contributed by atoms with van der Waals surface area (Å²) in [4.78, 5) is 18.4. The molecule has 2 heterocycles. The first kappa shape index (κ1) is 14.1. The van der Waals surface area contributed by atoms with E-state index in [1.54, 1.807) is 4.90 Å². The van der Waals surface area contributed by atoms with Crippen LogP contribution in [0.2, 0.25) is 0 Å². The van der Waals surface area contributed by atoms with E-state index >= 15 is 0 Å². The van der Waals surface area contributed by atoms with Crippen LogP contribution in [0.15, 0.2) is 24.3 Å². The number of hydrogen-bond donors (Lipinski definition) is 0.